The lowest BCUT2D eigenvalue weighted by Crippen LogP contribution is -2.52. The molecule has 4 nitrogen and oxygen atoms in total. The summed E-state index contributed by atoms with van der Waals surface area (Å²) in [7, 11) is 2.25. The van der Waals surface area contributed by atoms with Crippen LogP contribution in [-0.4, -0.2) is 58.5 Å². The number of thiazole rings is 1. The summed E-state index contributed by atoms with van der Waals surface area (Å²) in [6, 6.07) is 0.772. The van der Waals surface area contributed by atoms with E-state index in [1.54, 1.807) is 0 Å². The minimum Gasteiger partial charge on any atom is -0.306 e. The number of rotatable bonds is 2. The van der Waals surface area contributed by atoms with Gasteiger partial charge >= 0.3 is 0 Å². The van der Waals surface area contributed by atoms with Gasteiger partial charge in [0, 0.05) is 29.6 Å². The summed E-state index contributed by atoms with van der Waals surface area (Å²) in [6.45, 7) is 9.50. The molecule has 0 bridgehead atoms. The topological polar surface area (TPSA) is 23.8 Å². The van der Waals surface area contributed by atoms with Crippen molar-refractivity contribution in [1.29, 1.82) is 0 Å². The average molecular weight is 333 g/mol. The van der Waals surface area contributed by atoms with Gasteiger partial charge in [-0.25, -0.2) is 4.98 Å². The molecule has 23 heavy (non-hydrogen) atoms. The van der Waals surface area contributed by atoms with Crippen molar-refractivity contribution in [3.63, 3.8) is 0 Å². The Labute approximate surface area is 143 Å². The van der Waals surface area contributed by atoms with Crippen LogP contribution < -0.4 is 0 Å². The van der Waals surface area contributed by atoms with Gasteiger partial charge in [-0.15, -0.1) is 11.3 Å². The highest BCUT2D eigenvalue weighted by atomic mass is 32.1. The molecule has 0 aliphatic carbocycles. The third-order valence-corrected chi connectivity index (χ3v) is 6.81. The lowest BCUT2D eigenvalue weighted by Gasteiger charge is -2.45. The predicted molar refractivity (Wildman–Crippen MR) is 96.5 cm³/mol. The van der Waals surface area contributed by atoms with Gasteiger partial charge in [-0.2, -0.15) is 0 Å². The maximum atomic E-state index is 4.98. The van der Waals surface area contributed by atoms with E-state index in [0.717, 1.165) is 11.9 Å². The normalized spacial score (nSPS) is 28.7. The number of nitrogens with zero attached hydrogens (tertiary/aromatic N) is 4. The first-order valence-corrected chi connectivity index (χ1v) is 9.80. The first-order valence-electron chi connectivity index (χ1n) is 8.92. The van der Waals surface area contributed by atoms with Crippen molar-refractivity contribution in [2.45, 2.75) is 51.0 Å². The van der Waals surface area contributed by atoms with Crippen LogP contribution in [-0.2, 0) is 5.41 Å². The van der Waals surface area contributed by atoms with Crippen LogP contribution in [0, 0.1) is 6.92 Å². The summed E-state index contributed by atoms with van der Waals surface area (Å²) in [5.74, 6) is 1.13. The molecule has 2 aliphatic heterocycles. The quantitative estimate of drug-likeness (QED) is 0.844. The first kappa shape index (κ1) is 15.6. The SMILES string of the molecule is Cc1nc([C@@]2(C)CCCN(C3CCN(C)CC3)C2)c2sccn12. The molecule has 126 valence electrons. The summed E-state index contributed by atoms with van der Waals surface area (Å²) < 4.78 is 2.26. The fraction of sp³-hybridized carbons (Fsp3) is 0.722. The lowest BCUT2D eigenvalue weighted by molar-refractivity contribution is 0.0694. The molecule has 5 heteroatoms. The number of piperidine rings is 2. The third kappa shape index (κ3) is 2.73. The van der Waals surface area contributed by atoms with Gasteiger partial charge in [0.2, 0.25) is 0 Å². The van der Waals surface area contributed by atoms with Crippen molar-refractivity contribution < 1.29 is 0 Å². The van der Waals surface area contributed by atoms with Crippen LogP contribution in [0.5, 0.6) is 0 Å². The summed E-state index contributed by atoms with van der Waals surface area (Å²) in [6.07, 6.45) is 7.37. The molecule has 2 saturated heterocycles. The highest BCUT2D eigenvalue weighted by Crippen LogP contribution is 2.38. The van der Waals surface area contributed by atoms with Crippen LogP contribution in [0.1, 0.15) is 44.1 Å². The Bertz CT molecular complexity index is 682. The molecular weight excluding hydrogens is 304 g/mol. The molecule has 4 heterocycles. The molecule has 2 fully saturated rings. The molecule has 0 radical (unpaired) electrons. The number of imidazole rings is 1. The molecule has 2 aromatic heterocycles. The first-order chi connectivity index (χ1) is 11.1. The van der Waals surface area contributed by atoms with E-state index >= 15 is 0 Å². The predicted octanol–water partition coefficient (Wildman–Crippen LogP) is 3.15. The van der Waals surface area contributed by atoms with Gasteiger partial charge in [-0.3, -0.25) is 9.30 Å². The Hall–Kier alpha value is -0.910. The summed E-state index contributed by atoms with van der Waals surface area (Å²) in [5.41, 5.74) is 1.54. The van der Waals surface area contributed by atoms with E-state index in [1.807, 2.05) is 11.3 Å². The van der Waals surface area contributed by atoms with Crippen LogP contribution >= 0.6 is 11.3 Å². The molecule has 1 atom stereocenters. The lowest BCUT2D eigenvalue weighted by atomic mass is 9.78. The molecule has 0 saturated carbocycles. The maximum absolute atomic E-state index is 4.98. The van der Waals surface area contributed by atoms with Crippen molar-refractivity contribution >= 4 is 16.2 Å². The zero-order valence-electron chi connectivity index (χ0n) is 14.6. The van der Waals surface area contributed by atoms with Gasteiger partial charge in [0.1, 0.15) is 10.7 Å². The summed E-state index contributed by atoms with van der Waals surface area (Å²) in [5, 5.41) is 2.19. The molecule has 0 unspecified atom stereocenters. The van der Waals surface area contributed by atoms with Crippen molar-refractivity contribution in [2.75, 3.05) is 33.2 Å². The second kappa shape index (κ2) is 5.87. The molecule has 0 aromatic carbocycles. The van der Waals surface area contributed by atoms with E-state index < -0.39 is 0 Å². The molecule has 0 amide bonds. The maximum Gasteiger partial charge on any atom is 0.123 e. The van der Waals surface area contributed by atoms with E-state index in [1.165, 1.54) is 62.4 Å². The minimum atomic E-state index is 0.200. The van der Waals surface area contributed by atoms with Crippen molar-refractivity contribution in [3.05, 3.63) is 23.1 Å². The zero-order chi connectivity index (χ0) is 16.0. The fourth-order valence-corrected chi connectivity index (χ4v) is 5.53. The largest absolute Gasteiger partial charge is 0.306 e. The van der Waals surface area contributed by atoms with Gasteiger partial charge in [0.25, 0.3) is 0 Å². The van der Waals surface area contributed by atoms with Gasteiger partial charge in [0.05, 0.1) is 5.69 Å². The molecular formula is C18H28N4S. The number of likely N-dealkylation sites (tertiary alicyclic amines) is 2. The van der Waals surface area contributed by atoms with Crippen molar-refractivity contribution in [3.8, 4) is 0 Å². The molecule has 2 aliphatic rings. The monoisotopic (exact) mass is 332 g/mol. The number of aromatic nitrogens is 2. The van der Waals surface area contributed by atoms with Crippen LogP contribution in [0.3, 0.4) is 0 Å². The highest BCUT2D eigenvalue weighted by Gasteiger charge is 2.39. The van der Waals surface area contributed by atoms with Crippen LogP contribution in [0.15, 0.2) is 11.6 Å². The Morgan fingerprint density at radius 3 is 2.83 bits per heavy atom. The van der Waals surface area contributed by atoms with Gasteiger partial charge < -0.3 is 4.90 Å². The Morgan fingerprint density at radius 2 is 2.04 bits per heavy atom. The Balaban J connectivity index is 1.59. The molecule has 0 spiro atoms. The minimum absolute atomic E-state index is 0.200. The van der Waals surface area contributed by atoms with Gasteiger partial charge in [-0.05, 0) is 59.3 Å². The van der Waals surface area contributed by atoms with Crippen molar-refractivity contribution in [1.82, 2.24) is 19.2 Å². The van der Waals surface area contributed by atoms with E-state index in [9.17, 15) is 0 Å². The van der Waals surface area contributed by atoms with E-state index in [0.29, 0.717) is 0 Å². The van der Waals surface area contributed by atoms with Gasteiger partial charge in [0.15, 0.2) is 0 Å². The second-order valence-corrected chi connectivity index (χ2v) is 8.65. The van der Waals surface area contributed by atoms with Crippen molar-refractivity contribution in [2.24, 2.45) is 0 Å². The van der Waals surface area contributed by atoms with Crippen LogP contribution in [0.25, 0.3) is 4.83 Å². The highest BCUT2D eigenvalue weighted by molar-refractivity contribution is 7.15. The number of hydrogen-bond acceptors (Lipinski definition) is 4. The Morgan fingerprint density at radius 1 is 1.26 bits per heavy atom. The number of aryl methyl sites for hydroxylation is 1. The Kier molecular flexibility index (Phi) is 3.98. The summed E-state index contributed by atoms with van der Waals surface area (Å²) in [4.78, 5) is 11.6. The average Bonchev–Trinajstić information content (AvgIpc) is 3.12. The zero-order valence-corrected chi connectivity index (χ0v) is 15.4. The van der Waals surface area contributed by atoms with Crippen LogP contribution in [0.4, 0.5) is 0 Å². The fourth-order valence-electron chi connectivity index (χ4n) is 4.51. The van der Waals surface area contributed by atoms with Gasteiger partial charge in [-0.1, -0.05) is 6.92 Å². The number of fused-ring (bicyclic) bond motifs is 1. The molecule has 4 rings (SSSR count). The van der Waals surface area contributed by atoms with E-state index in [-0.39, 0.29) is 5.41 Å². The third-order valence-electron chi connectivity index (χ3n) is 5.94. The molecule has 0 N–H and O–H groups in total. The van der Waals surface area contributed by atoms with E-state index in [4.69, 9.17) is 4.98 Å². The molecule has 2 aromatic rings. The van der Waals surface area contributed by atoms with Crippen LogP contribution in [0.2, 0.25) is 0 Å². The summed E-state index contributed by atoms with van der Waals surface area (Å²) >= 11 is 1.84. The number of hydrogen-bond donors (Lipinski definition) is 0. The smallest absolute Gasteiger partial charge is 0.123 e. The standard InChI is InChI=1S/C18H28N4S/c1-14-19-16(17-22(14)11-12-23-17)18(2)7-4-8-21(13-18)15-5-9-20(3)10-6-15/h11-12,15H,4-10,13H2,1-3H3/t18-/m0/s1. The van der Waals surface area contributed by atoms with E-state index in [2.05, 4.69) is 46.7 Å². The second-order valence-electron chi connectivity index (χ2n) is 7.75.